The predicted octanol–water partition coefficient (Wildman–Crippen LogP) is 3.47. The van der Waals surface area contributed by atoms with Gasteiger partial charge in [0.1, 0.15) is 5.82 Å². The summed E-state index contributed by atoms with van der Waals surface area (Å²) < 4.78 is 13.8. The van der Waals surface area contributed by atoms with Crippen LogP contribution in [-0.2, 0) is 0 Å². The fraction of sp³-hybridized carbons (Fsp3) is 0.600. The maximum absolute atomic E-state index is 13.8. The van der Waals surface area contributed by atoms with Crippen molar-refractivity contribution in [2.24, 2.45) is 11.3 Å². The summed E-state index contributed by atoms with van der Waals surface area (Å²) in [5, 5.41) is 9.71. The van der Waals surface area contributed by atoms with E-state index in [0.717, 1.165) is 38.8 Å². The first-order valence-corrected chi connectivity index (χ1v) is 7.31. The van der Waals surface area contributed by atoms with E-state index in [1.165, 1.54) is 6.07 Å². The van der Waals surface area contributed by atoms with E-state index in [1.54, 1.807) is 12.1 Å². The predicted molar refractivity (Wildman–Crippen MR) is 75.1 cm³/mol. The topological polar surface area (TPSA) is 23.5 Å². The molecule has 1 aliphatic carbocycles. The summed E-state index contributed by atoms with van der Waals surface area (Å²) in [5.41, 5.74) is 1.04. The molecule has 3 rings (SSSR count). The maximum Gasteiger partial charge on any atom is 0.146 e. The molecule has 0 bridgehead atoms. The van der Waals surface area contributed by atoms with E-state index in [1.807, 2.05) is 0 Å². The van der Waals surface area contributed by atoms with Crippen LogP contribution in [0.15, 0.2) is 18.2 Å². The molecule has 1 aromatic rings. The van der Waals surface area contributed by atoms with Gasteiger partial charge in [0.15, 0.2) is 0 Å². The monoisotopic (exact) mass is 283 g/mol. The number of benzene rings is 1. The van der Waals surface area contributed by atoms with Crippen LogP contribution in [0.4, 0.5) is 10.1 Å². The SMILES string of the molecule is OCC1CC2(CCN(c3cc(Cl)ccc3F)CC2)C1. The van der Waals surface area contributed by atoms with E-state index in [9.17, 15) is 4.39 Å². The Morgan fingerprint density at radius 1 is 1.32 bits per heavy atom. The highest BCUT2D eigenvalue weighted by molar-refractivity contribution is 6.30. The van der Waals surface area contributed by atoms with Gasteiger partial charge in [-0.25, -0.2) is 4.39 Å². The van der Waals surface area contributed by atoms with Crippen LogP contribution in [0.3, 0.4) is 0 Å². The highest BCUT2D eigenvalue weighted by atomic mass is 35.5. The third kappa shape index (κ3) is 2.46. The molecule has 0 amide bonds. The number of hydrogen-bond donors (Lipinski definition) is 1. The van der Waals surface area contributed by atoms with E-state index in [0.29, 0.717) is 28.6 Å². The molecule has 0 radical (unpaired) electrons. The Morgan fingerprint density at radius 3 is 2.63 bits per heavy atom. The number of nitrogens with zero attached hydrogens (tertiary/aromatic N) is 1. The largest absolute Gasteiger partial charge is 0.396 e. The van der Waals surface area contributed by atoms with Crippen molar-refractivity contribution in [3.63, 3.8) is 0 Å². The minimum Gasteiger partial charge on any atom is -0.396 e. The van der Waals surface area contributed by atoms with Crippen LogP contribution in [0.2, 0.25) is 5.02 Å². The molecule has 104 valence electrons. The van der Waals surface area contributed by atoms with Crippen LogP contribution < -0.4 is 4.90 Å². The third-order valence-corrected chi connectivity index (χ3v) is 5.01. The molecule has 1 spiro atoms. The van der Waals surface area contributed by atoms with Crippen molar-refractivity contribution in [3.05, 3.63) is 29.0 Å². The fourth-order valence-electron chi connectivity index (χ4n) is 3.65. The Bertz CT molecular complexity index is 463. The van der Waals surface area contributed by atoms with Crippen LogP contribution in [-0.4, -0.2) is 24.8 Å². The van der Waals surface area contributed by atoms with Crippen molar-refractivity contribution >= 4 is 17.3 Å². The molecule has 2 fully saturated rings. The molecular weight excluding hydrogens is 265 g/mol. The molecule has 1 aromatic carbocycles. The smallest absolute Gasteiger partial charge is 0.146 e. The first-order valence-electron chi connectivity index (χ1n) is 6.93. The second kappa shape index (κ2) is 4.95. The molecule has 0 unspecified atom stereocenters. The molecule has 1 heterocycles. The van der Waals surface area contributed by atoms with Crippen LogP contribution in [0.1, 0.15) is 25.7 Å². The molecule has 1 aliphatic heterocycles. The standard InChI is InChI=1S/C15H19ClFNO/c16-12-1-2-13(17)14(7-12)18-5-3-15(4-6-18)8-11(9-15)10-19/h1-2,7,11,19H,3-6,8-10H2. The van der Waals surface area contributed by atoms with Crippen molar-refractivity contribution in [3.8, 4) is 0 Å². The first kappa shape index (κ1) is 13.2. The Balaban J connectivity index is 1.66. The first-order chi connectivity index (χ1) is 9.12. The minimum absolute atomic E-state index is 0.192. The zero-order valence-electron chi connectivity index (χ0n) is 10.9. The quantitative estimate of drug-likeness (QED) is 0.898. The van der Waals surface area contributed by atoms with Crippen molar-refractivity contribution in [2.75, 3.05) is 24.6 Å². The summed E-state index contributed by atoms with van der Waals surface area (Å²) in [6.07, 6.45) is 4.45. The zero-order chi connectivity index (χ0) is 13.5. The lowest BCUT2D eigenvalue weighted by Gasteiger charge is -2.52. The van der Waals surface area contributed by atoms with Gasteiger partial charge in [-0.2, -0.15) is 0 Å². The van der Waals surface area contributed by atoms with Gasteiger partial charge in [0.25, 0.3) is 0 Å². The minimum atomic E-state index is -0.192. The van der Waals surface area contributed by atoms with Crippen LogP contribution >= 0.6 is 11.6 Å². The van der Waals surface area contributed by atoms with Gasteiger partial charge in [-0.1, -0.05) is 11.6 Å². The molecule has 4 heteroatoms. The maximum atomic E-state index is 13.8. The Kier molecular flexibility index (Phi) is 3.44. The molecular formula is C15H19ClFNO. The normalized spacial score (nSPS) is 22.6. The molecule has 2 aliphatic rings. The number of piperidine rings is 1. The third-order valence-electron chi connectivity index (χ3n) is 4.77. The second-order valence-electron chi connectivity index (χ2n) is 6.04. The van der Waals surface area contributed by atoms with Gasteiger partial charge in [-0.15, -0.1) is 0 Å². The van der Waals surface area contributed by atoms with E-state index >= 15 is 0 Å². The summed E-state index contributed by atoms with van der Waals surface area (Å²) in [6, 6.07) is 4.74. The van der Waals surface area contributed by atoms with Crippen molar-refractivity contribution < 1.29 is 9.50 Å². The van der Waals surface area contributed by atoms with Crippen molar-refractivity contribution in [1.82, 2.24) is 0 Å². The Morgan fingerprint density at radius 2 is 2.00 bits per heavy atom. The van der Waals surface area contributed by atoms with Crippen LogP contribution in [0.25, 0.3) is 0 Å². The number of aliphatic hydroxyl groups is 1. The summed E-state index contributed by atoms with van der Waals surface area (Å²) in [7, 11) is 0. The number of halogens is 2. The molecule has 1 N–H and O–H groups in total. The average molecular weight is 284 g/mol. The van der Waals surface area contributed by atoms with Crippen molar-refractivity contribution in [1.29, 1.82) is 0 Å². The van der Waals surface area contributed by atoms with Crippen molar-refractivity contribution in [2.45, 2.75) is 25.7 Å². The van der Waals surface area contributed by atoms with Crippen LogP contribution in [0.5, 0.6) is 0 Å². The lowest BCUT2D eigenvalue weighted by Crippen LogP contribution is -2.48. The summed E-state index contributed by atoms with van der Waals surface area (Å²) >= 11 is 5.95. The fourth-order valence-corrected chi connectivity index (χ4v) is 3.82. The summed E-state index contributed by atoms with van der Waals surface area (Å²) in [6.45, 7) is 2.08. The molecule has 0 aromatic heterocycles. The Labute approximate surface area is 118 Å². The van der Waals surface area contributed by atoms with E-state index in [2.05, 4.69) is 4.90 Å². The van der Waals surface area contributed by atoms with E-state index in [-0.39, 0.29) is 5.82 Å². The molecule has 1 saturated heterocycles. The Hall–Kier alpha value is -0.800. The number of anilines is 1. The molecule has 1 saturated carbocycles. The highest BCUT2D eigenvalue weighted by Crippen LogP contribution is 2.52. The van der Waals surface area contributed by atoms with E-state index in [4.69, 9.17) is 16.7 Å². The lowest BCUT2D eigenvalue weighted by molar-refractivity contribution is -0.00304. The number of rotatable bonds is 2. The molecule has 2 nitrogen and oxygen atoms in total. The second-order valence-corrected chi connectivity index (χ2v) is 6.48. The summed E-state index contributed by atoms with van der Waals surface area (Å²) in [5.74, 6) is 0.302. The molecule has 0 atom stereocenters. The van der Waals surface area contributed by atoms with Gasteiger partial charge in [0, 0.05) is 24.7 Å². The van der Waals surface area contributed by atoms with Gasteiger partial charge >= 0.3 is 0 Å². The molecule has 19 heavy (non-hydrogen) atoms. The number of hydrogen-bond acceptors (Lipinski definition) is 2. The van der Waals surface area contributed by atoms with Gasteiger partial charge in [-0.05, 0) is 55.2 Å². The van der Waals surface area contributed by atoms with Gasteiger partial charge < -0.3 is 10.0 Å². The zero-order valence-corrected chi connectivity index (χ0v) is 11.7. The summed E-state index contributed by atoms with van der Waals surface area (Å²) in [4.78, 5) is 2.10. The average Bonchev–Trinajstić information content (AvgIpc) is 2.39. The lowest BCUT2D eigenvalue weighted by atomic mass is 9.58. The van der Waals surface area contributed by atoms with Gasteiger partial charge in [-0.3, -0.25) is 0 Å². The van der Waals surface area contributed by atoms with E-state index < -0.39 is 0 Å². The van der Waals surface area contributed by atoms with Gasteiger partial charge in [0.05, 0.1) is 5.69 Å². The number of aliphatic hydroxyl groups excluding tert-OH is 1. The van der Waals surface area contributed by atoms with Gasteiger partial charge in [0.2, 0.25) is 0 Å². The van der Waals surface area contributed by atoms with Crippen LogP contribution in [0, 0.1) is 17.2 Å². The highest BCUT2D eigenvalue weighted by Gasteiger charge is 2.45.